The lowest BCUT2D eigenvalue weighted by molar-refractivity contribution is -0.132. The van der Waals surface area contributed by atoms with Crippen molar-refractivity contribution in [3.63, 3.8) is 0 Å². The van der Waals surface area contributed by atoms with Gasteiger partial charge in [-0.1, -0.05) is 54.1 Å². The molecule has 2 unspecified atom stereocenters. The average molecular weight is 525 g/mol. The fraction of sp³-hybridized carbons (Fsp3) is 0.286. The minimum atomic E-state index is -1.46. The Balaban J connectivity index is 1.55. The van der Waals surface area contributed by atoms with Crippen LogP contribution in [0, 0.1) is 0 Å². The van der Waals surface area contributed by atoms with Crippen molar-refractivity contribution < 1.29 is 18.5 Å². The molecular weight excluding hydrogens is 496 g/mol. The maximum atomic E-state index is 13.8. The predicted octanol–water partition coefficient (Wildman–Crippen LogP) is 4.89. The van der Waals surface area contributed by atoms with Crippen molar-refractivity contribution in [1.82, 2.24) is 9.21 Å². The highest BCUT2D eigenvalue weighted by molar-refractivity contribution is 7.82. The van der Waals surface area contributed by atoms with Gasteiger partial charge < -0.3 is 9.64 Å². The van der Waals surface area contributed by atoms with Crippen LogP contribution in [0.3, 0.4) is 0 Å². The summed E-state index contributed by atoms with van der Waals surface area (Å²) in [5.41, 5.74) is 2.36. The Kier molecular flexibility index (Phi) is 8.91. The van der Waals surface area contributed by atoms with Gasteiger partial charge in [0.2, 0.25) is 5.91 Å². The van der Waals surface area contributed by atoms with Crippen molar-refractivity contribution >= 4 is 34.5 Å². The average Bonchev–Trinajstić information content (AvgIpc) is 2.92. The summed E-state index contributed by atoms with van der Waals surface area (Å²) < 4.78 is 20.5. The van der Waals surface area contributed by atoms with Gasteiger partial charge in [-0.3, -0.25) is 4.79 Å². The van der Waals surface area contributed by atoms with Crippen LogP contribution in [-0.4, -0.2) is 51.5 Å². The zero-order valence-electron chi connectivity index (χ0n) is 20.1. The molecule has 0 N–H and O–H groups in total. The molecule has 1 saturated heterocycles. The van der Waals surface area contributed by atoms with Crippen molar-refractivity contribution in [2.24, 2.45) is 0 Å². The molecule has 1 aliphatic rings. The molecule has 8 heteroatoms. The maximum Gasteiger partial charge on any atom is 0.337 e. The number of carbonyl (C=O) groups is 2. The van der Waals surface area contributed by atoms with E-state index < -0.39 is 17.0 Å². The fourth-order valence-corrected chi connectivity index (χ4v) is 5.83. The van der Waals surface area contributed by atoms with Gasteiger partial charge in [0.05, 0.1) is 24.0 Å². The monoisotopic (exact) mass is 524 g/mol. The van der Waals surface area contributed by atoms with Gasteiger partial charge in [0.25, 0.3) is 0 Å². The van der Waals surface area contributed by atoms with Crippen molar-refractivity contribution in [1.29, 1.82) is 0 Å². The number of halogens is 1. The van der Waals surface area contributed by atoms with E-state index >= 15 is 0 Å². The molecule has 0 saturated carbocycles. The zero-order chi connectivity index (χ0) is 25.5. The van der Waals surface area contributed by atoms with Crippen LogP contribution in [0.5, 0.6) is 0 Å². The quantitative estimate of drug-likeness (QED) is 0.394. The van der Waals surface area contributed by atoms with Crippen molar-refractivity contribution in [2.75, 3.05) is 20.2 Å². The van der Waals surface area contributed by atoms with Crippen LogP contribution in [0.2, 0.25) is 5.02 Å². The summed E-state index contributed by atoms with van der Waals surface area (Å²) in [4.78, 5) is 27.4. The first-order chi connectivity index (χ1) is 17.4. The summed E-state index contributed by atoms with van der Waals surface area (Å²) in [5, 5.41) is 0.580. The Hall–Kier alpha value is -3.00. The van der Waals surface area contributed by atoms with E-state index in [1.165, 1.54) is 7.11 Å². The lowest BCUT2D eigenvalue weighted by atomic mass is 10.0. The third kappa shape index (κ3) is 6.60. The van der Waals surface area contributed by atoms with Crippen molar-refractivity contribution in [2.45, 2.75) is 36.7 Å². The van der Waals surface area contributed by atoms with Crippen LogP contribution in [0.15, 0.2) is 83.8 Å². The maximum absolute atomic E-state index is 13.8. The Bertz CT molecular complexity index is 1200. The first-order valence-electron chi connectivity index (χ1n) is 11.9. The van der Waals surface area contributed by atoms with E-state index in [0.29, 0.717) is 41.5 Å². The lowest BCUT2D eigenvalue weighted by Gasteiger charge is -2.38. The molecule has 3 aromatic carbocycles. The Morgan fingerprint density at radius 2 is 1.69 bits per heavy atom. The fourth-order valence-electron chi connectivity index (χ4n) is 4.35. The van der Waals surface area contributed by atoms with Gasteiger partial charge in [0.1, 0.15) is 11.0 Å². The molecule has 1 aliphatic heterocycles. The minimum Gasteiger partial charge on any atom is -0.465 e. The van der Waals surface area contributed by atoms with Crippen LogP contribution in [0.25, 0.3) is 0 Å². The van der Waals surface area contributed by atoms with Gasteiger partial charge in [-0.05, 0) is 60.4 Å². The Morgan fingerprint density at radius 3 is 2.36 bits per heavy atom. The summed E-state index contributed by atoms with van der Waals surface area (Å²) in [6.07, 6.45) is 2.01. The molecule has 2 atom stereocenters. The van der Waals surface area contributed by atoms with Crippen LogP contribution >= 0.6 is 11.6 Å². The molecule has 3 aromatic rings. The van der Waals surface area contributed by atoms with Gasteiger partial charge in [-0.25, -0.2) is 13.3 Å². The second-order valence-corrected chi connectivity index (χ2v) is 10.6. The number of carbonyl (C=O) groups excluding carboxylic acids is 2. The number of benzene rings is 3. The van der Waals surface area contributed by atoms with Crippen molar-refractivity contribution in [3.05, 3.63) is 101 Å². The normalized spacial score (nSPS) is 16.5. The number of esters is 1. The van der Waals surface area contributed by atoms with Gasteiger partial charge in [-0.15, -0.1) is 0 Å². The minimum absolute atomic E-state index is 0.0746. The highest BCUT2D eigenvalue weighted by Crippen LogP contribution is 2.25. The Morgan fingerprint density at radius 1 is 1.00 bits per heavy atom. The van der Waals surface area contributed by atoms with E-state index in [1.807, 2.05) is 51.7 Å². The predicted molar refractivity (Wildman–Crippen MR) is 141 cm³/mol. The Labute approximate surface area is 219 Å². The molecule has 36 heavy (non-hydrogen) atoms. The van der Waals surface area contributed by atoms with E-state index in [9.17, 15) is 13.8 Å². The molecule has 6 nitrogen and oxygen atoms in total. The standard InChI is InChI=1S/C28H29ClN2O4S/c1-35-28(33)23-11-9-22(10-12-23)19-31(36(34)26-15-13-24(29)14-16-26)25-8-5-17-30(20-25)27(32)18-21-6-3-2-4-7-21/h2-4,6-7,9-16,25H,5,8,17-20H2,1H3. The van der Waals surface area contributed by atoms with Crippen molar-refractivity contribution in [3.8, 4) is 0 Å². The summed E-state index contributed by atoms with van der Waals surface area (Å²) in [6, 6.07) is 23.7. The van der Waals surface area contributed by atoms with Crippen LogP contribution in [0.4, 0.5) is 0 Å². The molecule has 0 aromatic heterocycles. The molecule has 0 bridgehead atoms. The van der Waals surface area contributed by atoms with Crippen LogP contribution in [-0.2, 0) is 33.5 Å². The first kappa shape index (κ1) is 26.1. The third-order valence-electron chi connectivity index (χ3n) is 6.30. The van der Waals surface area contributed by atoms with E-state index in [-0.39, 0.29) is 11.9 Å². The van der Waals surface area contributed by atoms with E-state index in [0.717, 1.165) is 24.0 Å². The highest BCUT2D eigenvalue weighted by atomic mass is 35.5. The summed E-state index contributed by atoms with van der Waals surface area (Å²) in [5.74, 6) is -0.325. The third-order valence-corrected chi connectivity index (χ3v) is 8.08. The lowest BCUT2D eigenvalue weighted by Crippen LogP contribution is -2.50. The largest absolute Gasteiger partial charge is 0.465 e. The number of nitrogens with zero attached hydrogens (tertiary/aromatic N) is 2. The number of rotatable bonds is 8. The van der Waals surface area contributed by atoms with Gasteiger partial charge >= 0.3 is 5.97 Å². The number of methoxy groups -OCH3 is 1. The molecule has 0 spiro atoms. The van der Waals surface area contributed by atoms with Gasteiger partial charge in [-0.2, -0.15) is 0 Å². The summed E-state index contributed by atoms with van der Waals surface area (Å²) in [6.45, 7) is 1.60. The molecule has 1 heterocycles. The van der Waals surface area contributed by atoms with Crippen LogP contribution in [0.1, 0.15) is 34.3 Å². The number of likely N-dealkylation sites (tertiary alicyclic amines) is 1. The summed E-state index contributed by atoms with van der Waals surface area (Å²) >= 11 is 6.05. The second kappa shape index (κ2) is 12.3. The molecule has 188 valence electrons. The van der Waals surface area contributed by atoms with Crippen LogP contribution < -0.4 is 0 Å². The van der Waals surface area contributed by atoms with E-state index in [4.69, 9.17) is 16.3 Å². The van der Waals surface area contributed by atoms with Gasteiger partial charge in [0.15, 0.2) is 0 Å². The first-order valence-corrected chi connectivity index (χ1v) is 13.4. The number of amides is 1. The molecule has 1 fully saturated rings. The van der Waals surface area contributed by atoms with Gasteiger partial charge in [0, 0.05) is 30.7 Å². The van der Waals surface area contributed by atoms with E-state index in [1.54, 1.807) is 36.4 Å². The number of ether oxygens (including phenoxy) is 1. The SMILES string of the molecule is COC(=O)c1ccc(CN(C2CCCN(C(=O)Cc3ccccc3)C2)S(=O)c2ccc(Cl)cc2)cc1. The smallest absolute Gasteiger partial charge is 0.337 e. The molecular formula is C28H29ClN2O4S. The zero-order valence-corrected chi connectivity index (χ0v) is 21.7. The number of piperidine rings is 1. The summed E-state index contributed by atoms with van der Waals surface area (Å²) in [7, 11) is -0.116. The number of hydrogen-bond acceptors (Lipinski definition) is 4. The molecule has 1 amide bonds. The molecule has 0 aliphatic carbocycles. The molecule has 0 radical (unpaired) electrons. The number of hydrogen-bond donors (Lipinski definition) is 0. The second-order valence-electron chi connectivity index (χ2n) is 8.76. The topological polar surface area (TPSA) is 66.9 Å². The molecule has 4 rings (SSSR count). The highest BCUT2D eigenvalue weighted by Gasteiger charge is 2.31. The van der Waals surface area contributed by atoms with E-state index in [2.05, 4.69) is 0 Å².